The molecule has 2 amide bonds. The molecule has 1 heterocycles. The maximum Gasteiger partial charge on any atom is 0.225 e. The van der Waals surface area contributed by atoms with Gasteiger partial charge in [0, 0.05) is 17.4 Å². The van der Waals surface area contributed by atoms with Crippen LogP contribution in [0.4, 0.5) is 0 Å². The van der Waals surface area contributed by atoms with E-state index < -0.39 is 0 Å². The Labute approximate surface area is 114 Å². The van der Waals surface area contributed by atoms with E-state index in [2.05, 4.69) is 26.6 Å². The molecule has 1 aromatic rings. The fraction of sp³-hybridized carbons (Fsp3) is 0.385. The van der Waals surface area contributed by atoms with E-state index in [0.717, 1.165) is 10.0 Å². The first kappa shape index (κ1) is 13.1. The highest BCUT2D eigenvalue weighted by atomic mass is 79.9. The van der Waals surface area contributed by atoms with Crippen molar-refractivity contribution in [1.82, 2.24) is 10.6 Å². The number of rotatable bonds is 3. The summed E-state index contributed by atoms with van der Waals surface area (Å²) in [6.45, 7) is 2.37. The first-order valence-corrected chi connectivity index (χ1v) is 6.68. The van der Waals surface area contributed by atoms with Crippen LogP contribution in [0.25, 0.3) is 0 Å². The lowest BCUT2D eigenvalue weighted by molar-refractivity contribution is -0.127. The molecular formula is C13H15BrN2O2. The van der Waals surface area contributed by atoms with Crippen LogP contribution in [0.1, 0.15) is 24.9 Å². The third kappa shape index (κ3) is 3.10. The van der Waals surface area contributed by atoms with E-state index in [4.69, 9.17) is 0 Å². The summed E-state index contributed by atoms with van der Waals surface area (Å²) in [6.07, 6.45) is 0.289. The zero-order valence-corrected chi connectivity index (χ0v) is 11.7. The number of amides is 2. The summed E-state index contributed by atoms with van der Waals surface area (Å²) in [4.78, 5) is 23.0. The van der Waals surface area contributed by atoms with Crippen molar-refractivity contribution in [1.29, 1.82) is 0 Å². The summed E-state index contributed by atoms with van der Waals surface area (Å²) >= 11 is 3.40. The Kier molecular flexibility index (Phi) is 4.01. The second kappa shape index (κ2) is 5.52. The van der Waals surface area contributed by atoms with Crippen LogP contribution in [0.15, 0.2) is 28.7 Å². The van der Waals surface area contributed by atoms with Crippen molar-refractivity contribution in [2.45, 2.75) is 19.4 Å². The lowest BCUT2D eigenvalue weighted by Crippen LogP contribution is -2.33. The fourth-order valence-corrected chi connectivity index (χ4v) is 2.40. The SMILES string of the molecule is CC(NC(=O)C1CNC(=O)C1)c1cccc(Br)c1. The standard InChI is InChI=1S/C13H15BrN2O2/c1-8(9-3-2-4-11(14)5-9)16-13(18)10-6-12(17)15-7-10/h2-5,8,10H,6-7H2,1H3,(H,15,17)(H,16,18). The van der Waals surface area contributed by atoms with Crippen LogP contribution in [0.2, 0.25) is 0 Å². The number of carbonyl (C=O) groups excluding carboxylic acids is 2. The molecule has 1 aliphatic rings. The molecule has 0 aliphatic carbocycles. The van der Waals surface area contributed by atoms with E-state index in [1.54, 1.807) is 0 Å². The van der Waals surface area contributed by atoms with Gasteiger partial charge in [-0.15, -0.1) is 0 Å². The van der Waals surface area contributed by atoms with Gasteiger partial charge in [-0.2, -0.15) is 0 Å². The molecule has 2 rings (SSSR count). The predicted molar refractivity (Wildman–Crippen MR) is 71.8 cm³/mol. The van der Waals surface area contributed by atoms with E-state index in [0.29, 0.717) is 6.54 Å². The average molecular weight is 311 g/mol. The highest BCUT2D eigenvalue weighted by Gasteiger charge is 2.28. The molecule has 2 atom stereocenters. The van der Waals surface area contributed by atoms with Crippen molar-refractivity contribution in [3.63, 3.8) is 0 Å². The highest BCUT2D eigenvalue weighted by molar-refractivity contribution is 9.10. The summed E-state index contributed by atoms with van der Waals surface area (Å²) in [5.41, 5.74) is 1.04. The zero-order chi connectivity index (χ0) is 13.1. The molecule has 0 radical (unpaired) electrons. The van der Waals surface area contributed by atoms with E-state index in [1.807, 2.05) is 31.2 Å². The van der Waals surface area contributed by atoms with Crippen LogP contribution in [0.5, 0.6) is 0 Å². The Bertz CT molecular complexity index is 476. The minimum atomic E-state index is -0.243. The smallest absolute Gasteiger partial charge is 0.225 e. The first-order valence-electron chi connectivity index (χ1n) is 5.89. The molecule has 1 saturated heterocycles. The minimum absolute atomic E-state index is 0.0507. The minimum Gasteiger partial charge on any atom is -0.355 e. The van der Waals surface area contributed by atoms with Crippen molar-refractivity contribution < 1.29 is 9.59 Å². The maximum absolute atomic E-state index is 11.9. The molecule has 2 N–H and O–H groups in total. The van der Waals surface area contributed by atoms with Gasteiger partial charge >= 0.3 is 0 Å². The van der Waals surface area contributed by atoms with Gasteiger partial charge in [0.05, 0.1) is 12.0 Å². The van der Waals surface area contributed by atoms with Gasteiger partial charge in [0.2, 0.25) is 11.8 Å². The van der Waals surface area contributed by atoms with Gasteiger partial charge in [-0.3, -0.25) is 9.59 Å². The third-order valence-electron chi connectivity index (χ3n) is 3.06. The normalized spacial score (nSPS) is 20.3. The van der Waals surface area contributed by atoms with E-state index in [9.17, 15) is 9.59 Å². The van der Waals surface area contributed by atoms with Crippen molar-refractivity contribution >= 4 is 27.7 Å². The maximum atomic E-state index is 11.9. The molecule has 18 heavy (non-hydrogen) atoms. The number of carbonyl (C=O) groups is 2. The lowest BCUT2D eigenvalue weighted by Gasteiger charge is -2.16. The molecule has 96 valence electrons. The molecule has 0 aromatic heterocycles. The molecule has 1 aliphatic heterocycles. The summed E-state index contributed by atoms with van der Waals surface area (Å²) < 4.78 is 0.985. The molecule has 5 heteroatoms. The average Bonchev–Trinajstić information content (AvgIpc) is 2.76. The Hall–Kier alpha value is -1.36. The van der Waals surface area contributed by atoms with Crippen molar-refractivity contribution in [3.8, 4) is 0 Å². The van der Waals surface area contributed by atoms with Gasteiger partial charge < -0.3 is 10.6 Å². The Morgan fingerprint density at radius 2 is 2.33 bits per heavy atom. The highest BCUT2D eigenvalue weighted by Crippen LogP contribution is 2.19. The van der Waals surface area contributed by atoms with Crippen molar-refractivity contribution in [2.24, 2.45) is 5.92 Å². The van der Waals surface area contributed by atoms with Crippen molar-refractivity contribution in [2.75, 3.05) is 6.54 Å². The van der Waals surface area contributed by atoms with Crippen LogP contribution in [-0.4, -0.2) is 18.4 Å². The molecule has 0 spiro atoms. The quantitative estimate of drug-likeness (QED) is 0.894. The number of hydrogen-bond donors (Lipinski definition) is 2. The number of hydrogen-bond acceptors (Lipinski definition) is 2. The number of benzene rings is 1. The zero-order valence-electron chi connectivity index (χ0n) is 10.1. The summed E-state index contributed by atoms with van der Waals surface area (Å²) in [5, 5.41) is 5.60. The van der Waals surface area contributed by atoms with Gasteiger partial charge in [-0.25, -0.2) is 0 Å². The van der Waals surface area contributed by atoms with Gasteiger partial charge in [0.15, 0.2) is 0 Å². The monoisotopic (exact) mass is 310 g/mol. The Balaban J connectivity index is 1.97. The topological polar surface area (TPSA) is 58.2 Å². The van der Waals surface area contributed by atoms with E-state index >= 15 is 0 Å². The predicted octanol–water partition coefficient (Wildman–Crippen LogP) is 1.76. The molecule has 2 unspecified atom stereocenters. The van der Waals surface area contributed by atoms with Crippen molar-refractivity contribution in [3.05, 3.63) is 34.3 Å². The summed E-state index contributed by atoms with van der Waals surface area (Å²) in [6, 6.07) is 7.75. The van der Waals surface area contributed by atoms with E-state index in [-0.39, 0.29) is 30.2 Å². The largest absolute Gasteiger partial charge is 0.355 e. The molecule has 0 saturated carbocycles. The molecule has 1 aromatic carbocycles. The third-order valence-corrected chi connectivity index (χ3v) is 3.55. The Morgan fingerprint density at radius 1 is 1.56 bits per heavy atom. The van der Waals surface area contributed by atoms with Crippen LogP contribution in [-0.2, 0) is 9.59 Å². The summed E-state index contributed by atoms with van der Waals surface area (Å²) in [5.74, 6) is -0.363. The lowest BCUT2D eigenvalue weighted by atomic mass is 10.1. The fourth-order valence-electron chi connectivity index (χ4n) is 1.98. The van der Waals surface area contributed by atoms with Crippen LogP contribution in [0.3, 0.4) is 0 Å². The first-order chi connectivity index (χ1) is 8.56. The molecule has 1 fully saturated rings. The second-order valence-electron chi connectivity index (χ2n) is 4.49. The van der Waals surface area contributed by atoms with Crippen LogP contribution < -0.4 is 10.6 Å². The van der Waals surface area contributed by atoms with Crippen LogP contribution >= 0.6 is 15.9 Å². The summed E-state index contributed by atoms with van der Waals surface area (Å²) in [7, 11) is 0. The number of nitrogens with one attached hydrogen (secondary N) is 2. The molecule has 0 bridgehead atoms. The molecular weight excluding hydrogens is 296 g/mol. The Morgan fingerprint density at radius 3 is 2.94 bits per heavy atom. The molecule has 4 nitrogen and oxygen atoms in total. The van der Waals surface area contributed by atoms with E-state index in [1.165, 1.54) is 0 Å². The number of halogens is 1. The van der Waals surface area contributed by atoms with Gasteiger partial charge in [0.1, 0.15) is 0 Å². The second-order valence-corrected chi connectivity index (χ2v) is 5.41. The van der Waals surface area contributed by atoms with Gasteiger partial charge in [-0.05, 0) is 24.6 Å². The van der Waals surface area contributed by atoms with Gasteiger partial charge in [0.25, 0.3) is 0 Å². The van der Waals surface area contributed by atoms with Gasteiger partial charge in [-0.1, -0.05) is 28.1 Å². The van der Waals surface area contributed by atoms with Crippen LogP contribution in [0, 0.1) is 5.92 Å².